The summed E-state index contributed by atoms with van der Waals surface area (Å²) < 4.78 is 52.8. The first-order valence-electron chi connectivity index (χ1n) is 6.37. The van der Waals surface area contributed by atoms with E-state index in [9.17, 15) is 13.2 Å². The first kappa shape index (κ1) is 17.9. The van der Waals surface area contributed by atoms with E-state index in [2.05, 4.69) is 0 Å². The molecule has 0 saturated heterocycles. The Morgan fingerprint density at radius 3 is 1.61 bits per heavy atom. The molecule has 0 bridgehead atoms. The van der Waals surface area contributed by atoms with E-state index >= 15 is 0 Å². The van der Waals surface area contributed by atoms with Crippen LogP contribution in [0.4, 0.5) is 13.2 Å². The highest BCUT2D eigenvalue weighted by molar-refractivity contribution is 6.60. The summed E-state index contributed by atoms with van der Waals surface area (Å²) in [6.45, 7) is 6.84. The SMILES string of the molecule is CCO[Si](CCCCC(F)(F)F)(OCC)OCC. The topological polar surface area (TPSA) is 27.7 Å². The molecule has 7 heteroatoms. The van der Waals surface area contributed by atoms with Gasteiger partial charge in [-0.25, -0.2) is 0 Å². The fourth-order valence-corrected chi connectivity index (χ4v) is 4.35. The van der Waals surface area contributed by atoms with Crippen molar-refractivity contribution < 1.29 is 26.4 Å². The lowest BCUT2D eigenvalue weighted by Gasteiger charge is -2.28. The minimum absolute atomic E-state index is 0.0888. The van der Waals surface area contributed by atoms with E-state index in [1.165, 1.54) is 0 Å². The monoisotopic (exact) mass is 288 g/mol. The summed E-state index contributed by atoms with van der Waals surface area (Å²) in [6.07, 6.45) is -4.36. The van der Waals surface area contributed by atoms with Gasteiger partial charge < -0.3 is 13.3 Å². The van der Waals surface area contributed by atoms with E-state index < -0.39 is 21.4 Å². The van der Waals surface area contributed by atoms with Crippen LogP contribution in [0, 0.1) is 0 Å². The Bertz CT molecular complexity index is 195. The molecule has 110 valence electrons. The van der Waals surface area contributed by atoms with Crippen LogP contribution in [0.2, 0.25) is 6.04 Å². The number of halogens is 3. The van der Waals surface area contributed by atoms with Crippen LogP contribution < -0.4 is 0 Å². The smallest absolute Gasteiger partial charge is 0.374 e. The van der Waals surface area contributed by atoms with E-state index in [0.29, 0.717) is 32.3 Å². The molecule has 0 rings (SSSR count). The average Bonchev–Trinajstić information content (AvgIpc) is 2.24. The first-order chi connectivity index (χ1) is 8.39. The molecule has 0 spiro atoms. The summed E-state index contributed by atoms with van der Waals surface area (Å²) in [6, 6.07) is 0.443. The van der Waals surface area contributed by atoms with Crippen molar-refractivity contribution in [1.82, 2.24) is 0 Å². The molecular formula is C11H23F3O3Si. The van der Waals surface area contributed by atoms with Gasteiger partial charge in [0.05, 0.1) is 0 Å². The number of unbranched alkanes of at least 4 members (excludes halogenated alkanes) is 1. The standard InChI is InChI=1S/C11H23F3O3Si/c1-4-15-18(16-5-2,17-6-3)10-8-7-9-11(12,13)14/h4-10H2,1-3H3. The van der Waals surface area contributed by atoms with Crippen LogP contribution >= 0.6 is 0 Å². The molecule has 0 unspecified atom stereocenters. The predicted octanol–water partition coefficient (Wildman–Crippen LogP) is 3.77. The predicted molar refractivity (Wildman–Crippen MR) is 65.3 cm³/mol. The lowest BCUT2D eigenvalue weighted by molar-refractivity contribution is -0.135. The molecule has 0 aliphatic carbocycles. The van der Waals surface area contributed by atoms with Gasteiger partial charge in [-0.1, -0.05) is 0 Å². The van der Waals surface area contributed by atoms with Crippen LogP contribution in [0.3, 0.4) is 0 Å². The highest BCUT2D eigenvalue weighted by atomic mass is 28.4. The maximum Gasteiger partial charge on any atom is 0.500 e. The Kier molecular flexibility index (Phi) is 8.84. The maximum atomic E-state index is 12.0. The zero-order chi connectivity index (χ0) is 14.1. The van der Waals surface area contributed by atoms with E-state index in [1.807, 2.05) is 20.8 Å². The van der Waals surface area contributed by atoms with Crippen molar-refractivity contribution >= 4 is 8.80 Å². The third-order valence-electron chi connectivity index (χ3n) is 2.29. The molecular weight excluding hydrogens is 265 g/mol. The summed E-state index contributed by atoms with van der Waals surface area (Å²) in [5, 5.41) is 0. The molecule has 0 amide bonds. The van der Waals surface area contributed by atoms with E-state index in [4.69, 9.17) is 13.3 Å². The van der Waals surface area contributed by atoms with Gasteiger partial charge in [0.25, 0.3) is 0 Å². The van der Waals surface area contributed by atoms with Gasteiger partial charge in [-0.2, -0.15) is 13.2 Å². The molecule has 18 heavy (non-hydrogen) atoms. The Balaban J connectivity index is 4.21. The van der Waals surface area contributed by atoms with E-state index in [1.54, 1.807) is 0 Å². The third-order valence-corrected chi connectivity index (χ3v) is 5.44. The minimum Gasteiger partial charge on any atom is -0.374 e. The van der Waals surface area contributed by atoms with E-state index in [0.717, 1.165) is 0 Å². The number of hydrogen-bond donors (Lipinski definition) is 0. The molecule has 0 saturated carbocycles. The van der Waals surface area contributed by atoms with Crippen molar-refractivity contribution in [2.24, 2.45) is 0 Å². The summed E-state index contributed by atoms with van der Waals surface area (Å²) in [4.78, 5) is 0. The van der Waals surface area contributed by atoms with Crippen molar-refractivity contribution in [2.75, 3.05) is 19.8 Å². The summed E-state index contributed by atoms with van der Waals surface area (Å²) >= 11 is 0. The fourth-order valence-electron chi connectivity index (χ4n) is 1.67. The van der Waals surface area contributed by atoms with Gasteiger partial charge in [-0.05, 0) is 33.6 Å². The van der Waals surface area contributed by atoms with Crippen LogP contribution in [0.25, 0.3) is 0 Å². The van der Waals surface area contributed by atoms with Crippen molar-refractivity contribution in [2.45, 2.75) is 52.3 Å². The quantitative estimate of drug-likeness (QED) is 0.452. The van der Waals surface area contributed by atoms with Crippen LogP contribution in [-0.2, 0) is 13.3 Å². The van der Waals surface area contributed by atoms with E-state index in [-0.39, 0.29) is 6.42 Å². The van der Waals surface area contributed by atoms with Gasteiger partial charge in [-0.3, -0.25) is 0 Å². The second-order valence-electron chi connectivity index (χ2n) is 3.80. The van der Waals surface area contributed by atoms with Gasteiger partial charge in [0, 0.05) is 32.3 Å². The molecule has 3 nitrogen and oxygen atoms in total. The van der Waals surface area contributed by atoms with Gasteiger partial charge in [-0.15, -0.1) is 0 Å². The zero-order valence-electron chi connectivity index (χ0n) is 11.3. The van der Waals surface area contributed by atoms with Crippen LogP contribution in [0.15, 0.2) is 0 Å². The van der Waals surface area contributed by atoms with Crippen LogP contribution in [0.5, 0.6) is 0 Å². The molecule has 0 aromatic carbocycles. The van der Waals surface area contributed by atoms with Crippen molar-refractivity contribution in [3.05, 3.63) is 0 Å². The first-order valence-corrected chi connectivity index (χ1v) is 8.31. The number of hydrogen-bond acceptors (Lipinski definition) is 3. The molecule has 0 atom stereocenters. The maximum absolute atomic E-state index is 12.0. The molecule has 0 radical (unpaired) electrons. The molecule has 0 aliphatic rings. The highest BCUT2D eigenvalue weighted by Gasteiger charge is 2.40. The highest BCUT2D eigenvalue weighted by Crippen LogP contribution is 2.25. The largest absolute Gasteiger partial charge is 0.500 e. The Labute approximate surface area is 108 Å². The Morgan fingerprint density at radius 1 is 0.833 bits per heavy atom. The fraction of sp³-hybridized carbons (Fsp3) is 1.00. The lowest BCUT2D eigenvalue weighted by Crippen LogP contribution is -2.45. The molecule has 0 aromatic heterocycles. The van der Waals surface area contributed by atoms with Gasteiger partial charge in [0.1, 0.15) is 0 Å². The molecule has 0 heterocycles. The zero-order valence-corrected chi connectivity index (χ0v) is 12.3. The average molecular weight is 288 g/mol. The number of alkyl halides is 3. The summed E-state index contributed by atoms with van der Waals surface area (Å²) in [5.74, 6) is 0. The van der Waals surface area contributed by atoms with Crippen molar-refractivity contribution in [1.29, 1.82) is 0 Å². The van der Waals surface area contributed by atoms with Crippen molar-refractivity contribution in [3.8, 4) is 0 Å². The lowest BCUT2D eigenvalue weighted by atomic mass is 10.2. The van der Waals surface area contributed by atoms with Gasteiger partial charge in [0.2, 0.25) is 0 Å². The molecule has 0 N–H and O–H groups in total. The minimum atomic E-state index is -4.09. The molecule has 0 aliphatic heterocycles. The second-order valence-corrected chi connectivity index (χ2v) is 6.54. The van der Waals surface area contributed by atoms with Crippen LogP contribution in [0.1, 0.15) is 40.0 Å². The normalized spacial score (nSPS) is 13.0. The Hall–Kier alpha value is -0.113. The van der Waals surface area contributed by atoms with Crippen LogP contribution in [-0.4, -0.2) is 34.8 Å². The molecule has 0 aromatic rings. The summed E-state index contributed by atoms with van der Waals surface area (Å²) in [5.41, 5.74) is 0. The third kappa shape index (κ3) is 8.07. The second kappa shape index (κ2) is 8.90. The Morgan fingerprint density at radius 2 is 1.28 bits per heavy atom. The summed E-state index contributed by atoms with van der Waals surface area (Å²) in [7, 11) is -2.76. The molecule has 0 fully saturated rings. The number of rotatable bonds is 10. The van der Waals surface area contributed by atoms with Crippen molar-refractivity contribution in [3.63, 3.8) is 0 Å². The van der Waals surface area contributed by atoms with Gasteiger partial charge >= 0.3 is 15.0 Å². The van der Waals surface area contributed by atoms with Gasteiger partial charge in [0.15, 0.2) is 0 Å².